The molecule has 38 heavy (non-hydrogen) atoms. The lowest BCUT2D eigenvalue weighted by molar-refractivity contribution is -0.155. The van der Waals surface area contributed by atoms with Crippen molar-refractivity contribution >= 4 is 33.5 Å². The SMILES string of the molecule is CC(C)(C)OC(=O)CCNCCc1c2ccccc2c(CCNCCC(=O)OC(C)(C)C)c2ccccc12. The minimum Gasteiger partial charge on any atom is -0.460 e. The Kier molecular flexibility index (Phi) is 10.3. The van der Waals surface area contributed by atoms with Gasteiger partial charge in [0.1, 0.15) is 11.2 Å². The Labute approximate surface area is 227 Å². The van der Waals surface area contributed by atoms with Gasteiger partial charge >= 0.3 is 11.9 Å². The van der Waals surface area contributed by atoms with E-state index in [0.717, 1.165) is 25.9 Å². The van der Waals surface area contributed by atoms with Crippen molar-refractivity contribution in [1.29, 1.82) is 0 Å². The summed E-state index contributed by atoms with van der Waals surface area (Å²) in [6.45, 7) is 14.1. The third-order valence-corrected chi connectivity index (χ3v) is 6.11. The van der Waals surface area contributed by atoms with Gasteiger partial charge < -0.3 is 20.1 Å². The molecule has 0 radical (unpaired) electrons. The van der Waals surface area contributed by atoms with Crippen molar-refractivity contribution in [1.82, 2.24) is 10.6 Å². The Morgan fingerprint density at radius 3 is 1.18 bits per heavy atom. The van der Waals surface area contributed by atoms with E-state index in [1.54, 1.807) is 0 Å². The van der Waals surface area contributed by atoms with Gasteiger partial charge in [-0.15, -0.1) is 0 Å². The van der Waals surface area contributed by atoms with Crippen molar-refractivity contribution < 1.29 is 19.1 Å². The minimum atomic E-state index is -0.454. The molecule has 2 N–H and O–H groups in total. The highest BCUT2D eigenvalue weighted by Crippen LogP contribution is 2.33. The van der Waals surface area contributed by atoms with Gasteiger partial charge in [0.05, 0.1) is 12.8 Å². The average Bonchev–Trinajstić information content (AvgIpc) is 2.82. The summed E-state index contributed by atoms with van der Waals surface area (Å²) in [4.78, 5) is 24.0. The standard InChI is InChI=1S/C32H44N2O4/c1-31(2,3)37-29(35)17-21-33-19-15-27-23-11-7-9-13-25(23)28(26-14-10-8-12-24(26)27)16-20-34-22-18-30(36)38-32(4,5)6/h7-14,33-34H,15-22H2,1-6H3. The van der Waals surface area contributed by atoms with Gasteiger partial charge in [-0.1, -0.05) is 48.5 Å². The maximum absolute atomic E-state index is 12.0. The molecular formula is C32H44N2O4. The number of benzene rings is 3. The lowest BCUT2D eigenvalue weighted by atomic mass is 9.89. The molecule has 0 atom stereocenters. The fraction of sp³-hybridized carbons (Fsp3) is 0.500. The highest BCUT2D eigenvalue weighted by Gasteiger charge is 2.17. The Morgan fingerprint density at radius 2 is 0.895 bits per heavy atom. The van der Waals surface area contributed by atoms with E-state index in [4.69, 9.17) is 9.47 Å². The van der Waals surface area contributed by atoms with Crippen molar-refractivity contribution in [2.75, 3.05) is 26.2 Å². The van der Waals surface area contributed by atoms with E-state index in [0.29, 0.717) is 25.9 Å². The van der Waals surface area contributed by atoms with Crippen molar-refractivity contribution in [3.05, 3.63) is 59.7 Å². The molecule has 3 aromatic rings. The second-order valence-electron chi connectivity index (χ2n) is 11.7. The molecule has 0 aromatic heterocycles. The molecule has 0 unspecified atom stereocenters. The smallest absolute Gasteiger partial charge is 0.307 e. The van der Waals surface area contributed by atoms with Crippen LogP contribution in [0.5, 0.6) is 0 Å². The number of esters is 2. The molecular weight excluding hydrogens is 476 g/mol. The van der Waals surface area contributed by atoms with Crippen LogP contribution in [0.1, 0.15) is 65.5 Å². The summed E-state index contributed by atoms with van der Waals surface area (Å²) >= 11 is 0. The molecule has 3 rings (SSSR count). The number of ether oxygens (including phenoxy) is 2. The van der Waals surface area contributed by atoms with Crippen LogP contribution in [0.2, 0.25) is 0 Å². The summed E-state index contributed by atoms with van der Waals surface area (Å²) in [5.74, 6) is -0.352. The normalized spacial score (nSPS) is 12.2. The topological polar surface area (TPSA) is 76.7 Å². The van der Waals surface area contributed by atoms with Gasteiger partial charge in [0.15, 0.2) is 0 Å². The fourth-order valence-electron chi connectivity index (χ4n) is 4.69. The second-order valence-corrected chi connectivity index (χ2v) is 11.7. The van der Waals surface area contributed by atoms with Crippen LogP contribution in [-0.4, -0.2) is 49.3 Å². The number of rotatable bonds is 12. The Bertz CT molecular complexity index is 1080. The average molecular weight is 521 g/mol. The van der Waals surface area contributed by atoms with E-state index in [2.05, 4.69) is 59.2 Å². The zero-order valence-corrected chi connectivity index (χ0v) is 23.9. The number of carbonyl (C=O) groups is 2. The summed E-state index contributed by atoms with van der Waals surface area (Å²) in [5.41, 5.74) is 1.74. The number of nitrogens with one attached hydrogen (secondary N) is 2. The summed E-state index contributed by atoms with van der Waals surface area (Å²) < 4.78 is 10.8. The lowest BCUT2D eigenvalue weighted by Gasteiger charge is -2.20. The molecule has 0 spiro atoms. The zero-order valence-electron chi connectivity index (χ0n) is 23.9. The zero-order chi connectivity index (χ0) is 27.8. The van der Waals surface area contributed by atoms with Crippen LogP contribution in [0.4, 0.5) is 0 Å². The van der Waals surface area contributed by atoms with Crippen LogP contribution in [0.15, 0.2) is 48.5 Å². The van der Waals surface area contributed by atoms with E-state index in [1.807, 2.05) is 41.5 Å². The van der Waals surface area contributed by atoms with Gasteiger partial charge in [0, 0.05) is 13.1 Å². The maximum Gasteiger partial charge on any atom is 0.307 e. The van der Waals surface area contributed by atoms with E-state index in [9.17, 15) is 9.59 Å². The first-order valence-electron chi connectivity index (χ1n) is 13.7. The van der Waals surface area contributed by atoms with E-state index < -0.39 is 11.2 Å². The first kappa shape index (κ1) is 29.6. The fourth-order valence-corrected chi connectivity index (χ4v) is 4.69. The minimum absolute atomic E-state index is 0.176. The van der Waals surface area contributed by atoms with Gasteiger partial charge in [0.25, 0.3) is 0 Å². The van der Waals surface area contributed by atoms with E-state index in [-0.39, 0.29) is 11.9 Å². The Balaban J connectivity index is 1.67. The molecule has 0 bridgehead atoms. The van der Waals surface area contributed by atoms with Crippen molar-refractivity contribution in [2.24, 2.45) is 0 Å². The van der Waals surface area contributed by atoms with Crippen LogP contribution in [0.3, 0.4) is 0 Å². The van der Waals surface area contributed by atoms with Crippen molar-refractivity contribution in [3.8, 4) is 0 Å². The number of hydrogen-bond donors (Lipinski definition) is 2. The van der Waals surface area contributed by atoms with E-state index >= 15 is 0 Å². The highest BCUT2D eigenvalue weighted by atomic mass is 16.6. The van der Waals surface area contributed by atoms with E-state index in [1.165, 1.54) is 32.7 Å². The molecule has 0 saturated carbocycles. The molecule has 0 aliphatic rings. The first-order chi connectivity index (χ1) is 17.9. The van der Waals surface area contributed by atoms with Gasteiger partial charge in [0.2, 0.25) is 0 Å². The van der Waals surface area contributed by atoms with Crippen molar-refractivity contribution in [3.63, 3.8) is 0 Å². The molecule has 0 amide bonds. The first-order valence-corrected chi connectivity index (χ1v) is 13.7. The Morgan fingerprint density at radius 1 is 0.579 bits per heavy atom. The van der Waals surface area contributed by atoms with Gasteiger partial charge in [-0.3, -0.25) is 9.59 Å². The third kappa shape index (κ3) is 9.10. The molecule has 206 valence electrons. The maximum atomic E-state index is 12.0. The summed E-state index contributed by atoms with van der Waals surface area (Å²) in [6, 6.07) is 17.2. The highest BCUT2D eigenvalue weighted by molar-refractivity contribution is 6.05. The largest absolute Gasteiger partial charge is 0.460 e. The van der Waals surface area contributed by atoms with Crippen LogP contribution >= 0.6 is 0 Å². The summed E-state index contributed by atoms with van der Waals surface area (Å²) in [6.07, 6.45) is 2.45. The second kappa shape index (κ2) is 13.2. The summed E-state index contributed by atoms with van der Waals surface area (Å²) in [5, 5.41) is 11.9. The molecule has 6 heteroatoms. The molecule has 3 aromatic carbocycles. The van der Waals surface area contributed by atoms with Crippen molar-refractivity contribution in [2.45, 2.75) is 78.4 Å². The van der Waals surface area contributed by atoms with Crippen LogP contribution in [-0.2, 0) is 31.9 Å². The summed E-state index contributed by atoms with van der Waals surface area (Å²) in [7, 11) is 0. The van der Waals surface area contributed by atoms with Crippen LogP contribution in [0.25, 0.3) is 21.5 Å². The predicted octanol–water partition coefficient (Wildman–Crippen LogP) is 5.72. The van der Waals surface area contributed by atoms with Crippen LogP contribution < -0.4 is 10.6 Å². The number of carbonyl (C=O) groups excluding carboxylic acids is 2. The molecule has 0 fully saturated rings. The number of fused-ring (bicyclic) bond motifs is 2. The molecule has 0 saturated heterocycles. The molecule has 0 aliphatic heterocycles. The van der Waals surface area contributed by atoms with Gasteiger partial charge in [-0.05, 0) is 100 Å². The Hall–Kier alpha value is -2.96. The molecule has 6 nitrogen and oxygen atoms in total. The van der Waals surface area contributed by atoms with Gasteiger partial charge in [-0.25, -0.2) is 0 Å². The molecule has 0 heterocycles. The lowest BCUT2D eigenvalue weighted by Crippen LogP contribution is -2.27. The van der Waals surface area contributed by atoms with Crippen LogP contribution in [0, 0.1) is 0 Å². The van der Waals surface area contributed by atoms with Gasteiger partial charge in [-0.2, -0.15) is 0 Å². The third-order valence-electron chi connectivity index (χ3n) is 6.11. The predicted molar refractivity (Wildman–Crippen MR) is 156 cm³/mol. The number of hydrogen-bond acceptors (Lipinski definition) is 6. The monoisotopic (exact) mass is 520 g/mol. The quantitative estimate of drug-likeness (QED) is 0.181. The molecule has 0 aliphatic carbocycles.